The summed E-state index contributed by atoms with van der Waals surface area (Å²) in [5, 5.41) is 4.15. The number of rotatable bonds is 5. The third kappa shape index (κ3) is 4.92. The molecule has 2 heterocycles. The highest BCUT2D eigenvalue weighted by molar-refractivity contribution is 7.90. The summed E-state index contributed by atoms with van der Waals surface area (Å²) in [5.74, 6) is 0.138. The van der Waals surface area contributed by atoms with E-state index in [0.717, 1.165) is 17.9 Å². The molecule has 0 amide bonds. The zero-order valence-corrected chi connectivity index (χ0v) is 20.6. The van der Waals surface area contributed by atoms with Crippen molar-refractivity contribution in [1.29, 1.82) is 0 Å². The maximum absolute atomic E-state index is 13.9. The molecule has 37 heavy (non-hydrogen) atoms. The molecular formula is C27H21F3N4O2S. The minimum absolute atomic E-state index is 0.0462. The smallest absolute Gasteiger partial charge is 0.299 e. The number of hydrogen-bond acceptors (Lipinski definition) is 4. The van der Waals surface area contributed by atoms with Gasteiger partial charge in [-0.3, -0.25) is 9.25 Å². The van der Waals surface area contributed by atoms with Gasteiger partial charge in [0.05, 0.1) is 22.3 Å². The van der Waals surface area contributed by atoms with Gasteiger partial charge >= 0.3 is 6.18 Å². The minimum atomic E-state index is -4.56. The Morgan fingerprint density at radius 1 is 0.838 bits per heavy atom. The highest BCUT2D eigenvalue weighted by Gasteiger charge is 2.34. The van der Waals surface area contributed by atoms with Gasteiger partial charge in [-0.25, -0.2) is 13.4 Å². The molecule has 0 aliphatic rings. The van der Waals surface area contributed by atoms with E-state index in [0.29, 0.717) is 22.5 Å². The van der Waals surface area contributed by atoms with Gasteiger partial charge in [-0.05, 0) is 41.5 Å². The predicted octanol–water partition coefficient (Wildman–Crippen LogP) is 6.03. The molecule has 0 atom stereocenters. The highest BCUT2D eigenvalue weighted by Crippen LogP contribution is 2.38. The maximum atomic E-state index is 13.9. The first kappa shape index (κ1) is 24.5. The predicted molar refractivity (Wildman–Crippen MR) is 135 cm³/mol. The third-order valence-electron chi connectivity index (χ3n) is 5.92. The van der Waals surface area contributed by atoms with Crippen LogP contribution in [-0.2, 0) is 23.1 Å². The van der Waals surface area contributed by atoms with Crippen molar-refractivity contribution in [3.8, 4) is 39.5 Å². The molecule has 0 saturated carbocycles. The number of sulfone groups is 1. The number of benzene rings is 3. The number of aryl methyl sites for hydroxylation is 1. The molecule has 2 aromatic heterocycles. The van der Waals surface area contributed by atoms with Crippen LogP contribution < -0.4 is 0 Å². The average molecular weight is 523 g/mol. The Labute approximate surface area is 211 Å². The standard InChI is InChI=1S/C27H21F3N4O2S/c1-33-16-20(15-31-33)25-17-34(26(32-25)23-8-3-4-9-24(23)27(28,29)30)21-12-10-18(11-13-21)19-6-5-7-22(14-19)37(2,35)36/h3-17H,1-2H3. The van der Waals surface area contributed by atoms with E-state index in [2.05, 4.69) is 10.1 Å². The first-order valence-corrected chi connectivity index (χ1v) is 13.1. The van der Waals surface area contributed by atoms with Crippen LogP contribution in [0.25, 0.3) is 39.5 Å². The Hall–Kier alpha value is -4.18. The van der Waals surface area contributed by atoms with Crippen molar-refractivity contribution in [2.24, 2.45) is 7.05 Å². The summed E-state index contributed by atoms with van der Waals surface area (Å²) in [6.07, 6.45) is 1.61. The van der Waals surface area contributed by atoms with Crippen LogP contribution in [0, 0.1) is 0 Å². The Morgan fingerprint density at radius 3 is 2.22 bits per heavy atom. The molecule has 3 aromatic carbocycles. The Kier molecular flexibility index (Phi) is 5.99. The van der Waals surface area contributed by atoms with E-state index in [4.69, 9.17) is 0 Å². The Bertz CT molecular complexity index is 1700. The van der Waals surface area contributed by atoms with E-state index < -0.39 is 21.6 Å². The van der Waals surface area contributed by atoms with Crippen LogP contribution in [0.15, 0.2) is 96.3 Å². The quantitative estimate of drug-likeness (QED) is 0.283. The molecule has 5 aromatic rings. The van der Waals surface area contributed by atoms with E-state index in [1.165, 1.54) is 18.2 Å². The summed E-state index contributed by atoms with van der Waals surface area (Å²) >= 11 is 0. The SMILES string of the molecule is Cn1cc(-c2cn(-c3ccc(-c4cccc(S(C)(=O)=O)c4)cc3)c(-c3ccccc3C(F)(F)F)n2)cn1. The van der Waals surface area contributed by atoms with Crippen LogP contribution in [0.4, 0.5) is 13.2 Å². The highest BCUT2D eigenvalue weighted by atomic mass is 32.2. The fourth-order valence-corrected chi connectivity index (χ4v) is 4.77. The lowest BCUT2D eigenvalue weighted by molar-refractivity contribution is -0.137. The molecule has 0 saturated heterocycles. The van der Waals surface area contributed by atoms with Crippen LogP contribution in [0.3, 0.4) is 0 Å². The molecule has 0 unspecified atom stereocenters. The second kappa shape index (κ2) is 9.04. The number of halogens is 3. The van der Waals surface area contributed by atoms with Crippen molar-refractivity contribution in [3.63, 3.8) is 0 Å². The minimum Gasteiger partial charge on any atom is -0.299 e. The molecule has 188 valence electrons. The molecule has 0 fully saturated rings. The molecule has 6 nitrogen and oxygen atoms in total. The first-order chi connectivity index (χ1) is 17.5. The van der Waals surface area contributed by atoms with Gasteiger partial charge in [0.25, 0.3) is 0 Å². The van der Waals surface area contributed by atoms with E-state index in [1.807, 2.05) is 0 Å². The number of hydrogen-bond donors (Lipinski definition) is 0. The van der Waals surface area contributed by atoms with Crippen molar-refractivity contribution >= 4 is 9.84 Å². The van der Waals surface area contributed by atoms with Crippen LogP contribution >= 0.6 is 0 Å². The van der Waals surface area contributed by atoms with Crippen molar-refractivity contribution in [2.75, 3.05) is 6.26 Å². The third-order valence-corrected chi connectivity index (χ3v) is 7.03. The monoisotopic (exact) mass is 522 g/mol. The summed E-state index contributed by atoms with van der Waals surface area (Å²) in [4.78, 5) is 4.78. The number of imidazole rings is 1. The summed E-state index contributed by atoms with van der Waals surface area (Å²) in [6.45, 7) is 0. The normalized spacial score (nSPS) is 12.1. The molecule has 0 bridgehead atoms. The molecule has 5 rings (SSSR count). The lowest BCUT2D eigenvalue weighted by Gasteiger charge is -2.14. The van der Waals surface area contributed by atoms with Crippen LogP contribution in [-0.4, -0.2) is 34.0 Å². The maximum Gasteiger partial charge on any atom is 0.417 e. The van der Waals surface area contributed by atoms with Crippen molar-refractivity contribution in [2.45, 2.75) is 11.1 Å². The van der Waals surface area contributed by atoms with Crippen molar-refractivity contribution in [3.05, 3.63) is 97.0 Å². The van der Waals surface area contributed by atoms with Crippen LogP contribution in [0.2, 0.25) is 0 Å². The van der Waals surface area contributed by atoms with Gasteiger partial charge in [0, 0.05) is 42.5 Å². The van der Waals surface area contributed by atoms with Crippen molar-refractivity contribution < 1.29 is 21.6 Å². The zero-order valence-electron chi connectivity index (χ0n) is 19.8. The van der Waals surface area contributed by atoms with Gasteiger partial charge in [-0.2, -0.15) is 18.3 Å². The fraction of sp³-hybridized carbons (Fsp3) is 0.111. The lowest BCUT2D eigenvalue weighted by Crippen LogP contribution is -2.08. The average Bonchev–Trinajstić information content (AvgIpc) is 3.50. The molecule has 0 aliphatic carbocycles. The number of alkyl halides is 3. The van der Waals surface area contributed by atoms with Gasteiger partial charge in [0.2, 0.25) is 0 Å². The van der Waals surface area contributed by atoms with Gasteiger partial charge in [-0.1, -0.05) is 42.5 Å². The lowest BCUT2D eigenvalue weighted by atomic mass is 10.0. The van der Waals surface area contributed by atoms with Gasteiger partial charge in [-0.15, -0.1) is 0 Å². The topological polar surface area (TPSA) is 69.8 Å². The largest absolute Gasteiger partial charge is 0.417 e. The summed E-state index contributed by atoms with van der Waals surface area (Å²) in [6, 6.07) is 19.0. The molecular weight excluding hydrogens is 501 g/mol. The van der Waals surface area contributed by atoms with Crippen LogP contribution in [0.1, 0.15) is 5.56 Å². The van der Waals surface area contributed by atoms with Crippen molar-refractivity contribution in [1.82, 2.24) is 19.3 Å². The Morgan fingerprint density at radius 2 is 1.57 bits per heavy atom. The summed E-state index contributed by atoms with van der Waals surface area (Å²) in [5.41, 5.74) is 2.38. The number of aromatic nitrogens is 4. The van der Waals surface area contributed by atoms with E-state index >= 15 is 0 Å². The zero-order chi connectivity index (χ0) is 26.4. The molecule has 0 N–H and O–H groups in total. The second-order valence-corrected chi connectivity index (χ2v) is 10.6. The van der Waals surface area contributed by atoms with Gasteiger partial charge < -0.3 is 0 Å². The molecule has 0 aliphatic heterocycles. The van der Waals surface area contributed by atoms with Gasteiger partial charge in [0.15, 0.2) is 9.84 Å². The summed E-state index contributed by atoms with van der Waals surface area (Å²) in [7, 11) is -1.62. The summed E-state index contributed by atoms with van der Waals surface area (Å²) < 4.78 is 68.7. The Balaban J connectivity index is 1.63. The van der Waals surface area contributed by atoms with E-state index in [9.17, 15) is 21.6 Å². The molecule has 0 radical (unpaired) electrons. The van der Waals surface area contributed by atoms with E-state index in [1.54, 1.807) is 83.4 Å². The molecule has 10 heteroatoms. The first-order valence-electron chi connectivity index (χ1n) is 11.2. The molecule has 0 spiro atoms. The fourth-order valence-electron chi connectivity index (χ4n) is 4.11. The van der Waals surface area contributed by atoms with E-state index in [-0.39, 0.29) is 16.3 Å². The number of nitrogens with zero attached hydrogens (tertiary/aromatic N) is 4. The second-order valence-electron chi connectivity index (χ2n) is 8.61. The van der Waals surface area contributed by atoms with Gasteiger partial charge in [0.1, 0.15) is 5.82 Å². The van der Waals surface area contributed by atoms with Crippen LogP contribution in [0.5, 0.6) is 0 Å².